The van der Waals surface area contributed by atoms with E-state index in [1.807, 2.05) is 58.9 Å². The molecular formula is C30H41N5O4. The van der Waals surface area contributed by atoms with Crippen molar-refractivity contribution < 1.29 is 18.8 Å². The maximum absolute atomic E-state index is 13.0. The number of primary amides is 1. The maximum atomic E-state index is 13.0. The highest BCUT2D eigenvalue weighted by atomic mass is 16.5. The molecule has 0 radical (unpaired) electrons. The molecule has 0 aliphatic heterocycles. The zero-order chi connectivity index (χ0) is 28.5. The van der Waals surface area contributed by atoms with Crippen LogP contribution in [0.5, 0.6) is 0 Å². The fourth-order valence-corrected chi connectivity index (χ4v) is 5.25. The predicted octanol–water partition coefficient (Wildman–Crippen LogP) is 5.30. The molecule has 1 aromatic carbocycles. The second kappa shape index (κ2) is 11.0. The minimum absolute atomic E-state index is 0.0157. The summed E-state index contributed by atoms with van der Waals surface area (Å²) in [6.45, 7) is 12.2. The molecule has 4 N–H and O–H groups in total. The van der Waals surface area contributed by atoms with Crippen LogP contribution in [0.4, 0.5) is 5.82 Å². The number of carbonyl (C=O) groups is 2. The number of benzene rings is 1. The van der Waals surface area contributed by atoms with Gasteiger partial charge < -0.3 is 20.7 Å². The number of ether oxygens (including phenoxy) is 1. The molecule has 39 heavy (non-hydrogen) atoms. The van der Waals surface area contributed by atoms with Gasteiger partial charge in [-0.25, -0.2) is 4.68 Å². The van der Waals surface area contributed by atoms with E-state index in [1.165, 1.54) is 12.8 Å². The number of amides is 1. The molecule has 2 aromatic heterocycles. The van der Waals surface area contributed by atoms with Crippen molar-refractivity contribution in [1.82, 2.24) is 14.9 Å². The van der Waals surface area contributed by atoms with Crippen molar-refractivity contribution in [2.24, 2.45) is 5.73 Å². The molecule has 0 atom stereocenters. The van der Waals surface area contributed by atoms with Crippen LogP contribution in [0.25, 0.3) is 11.3 Å². The standard InChI is InChI=1S/C30H41N5O4/c1-18(2)35-27(31)25(28(32)37)26(33-35)23-10-9-19(13-20(23)17-38-29(3,4)5)14-22(36)15-21-16-24(39-34-21)30(6)11-7-8-12-30/h9-10,13,16,18H,7-8,11-12,14-15,17,31H2,1-6H3,(H2,32,37). The Balaban J connectivity index is 1.60. The molecule has 0 saturated heterocycles. The van der Waals surface area contributed by atoms with Crippen molar-refractivity contribution in [2.45, 2.75) is 104 Å². The third-order valence-electron chi connectivity index (χ3n) is 7.41. The Hall–Kier alpha value is -3.46. The van der Waals surface area contributed by atoms with Crippen molar-refractivity contribution in [3.8, 4) is 11.3 Å². The fraction of sp³-hybridized carbons (Fsp3) is 0.533. The molecule has 4 rings (SSSR count). The Kier molecular flexibility index (Phi) is 8.02. The number of hydrogen-bond acceptors (Lipinski definition) is 7. The van der Waals surface area contributed by atoms with Gasteiger partial charge in [-0.1, -0.05) is 43.1 Å². The smallest absolute Gasteiger partial charge is 0.254 e. The van der Waals surface area contributed by atoms with Crippen LogP contribution in [0.15, 0.2) is 28.8 Å². The zero-order valence-electron chi connectivity index (χ0n) is 24.0. The Labute approximate surface area is 230 Å². The minimum Gasteiger partial charge on any atom is -0.383 e. The van der Waals surface area contributed by atoms with Gasteiger partial charge in [0.05, 0.1) is 24.3 Å². The highest BCUT2D eigenvalue weighted by Gasteiger charge is 2.34. The normalized spacial score (nSPS) is 15.3. The summed E-state index contributed by atoms with van der Waals surface area (Å²) < 4.78 is 13.3. The van der Waals surface area contributed by atoms with E-state index in [2.05, 4.69) is 17.2 Å². The summed E-state index contributed by atoms with van der Waals surface area (Å²) in [4.78, 5) is 25.4. The second-order valence-electron chi connectivity index (χ2n) is 12.2. The van der Waals surface area contributed by atoms with Crippen LogP contribution in [0.2, 0.25) is 0 Å². The number of nitrogens with zero attached hydrogens (tertiary/aromatic N) is 3. The molecule has 1 aliphatic carbocycles. The lowest BCUT2D eigenvalue weighted by molar-refractivity contribution is -0.117. The summed E-state index contributed by atoms with van der Waals surface area (Å²) in [5.74, 6) is 0.495. The number of Topliss-reactive ketones (excluding diaryl/α,β-unsaturated/α-hetero) is 1. The van der Waals surface area contributed by atoms with Crippen LogP contribution in [-0.2, 0) is 34.4 Å². The van der Waals surface area contributed by atoms with Gasteiger partial charge in [0, 0.05) is 29.5 Å². The van der Waals surface area contributed by atoms with E-state index in [-0.39, 0.29) is 48.1 Å². The molecule has 2 heterocycles. The molecule has 1 aliphatic rings. The van der Waals surface area contributed by atoms with E-state index >= 15 is 0 Å². The molecule has 210 valence electrons. The quantitative estimate of drug-likeness (QED) is 0.359. The molecule has 1 amide bonds. The van der Waals surface area contributed by atoms with Crippen LogP contribution in [-0.4, -0.2) is 32.2 Å². The number of rotatable bonds is 10. The number of anilines is 1. The molecule has 1 saturated carbocycles. The van der Waals surface area contributed by atoms with Gasteiger partial charge >= 0.3 is 0 Å². The number of nitrogens with two attached hydrogens (primary N) is 2. The van der Waals surface area contributed by atoms with Crippen molar-refractivity contribution in [3.63, 3.8) is 0 Å². The van der Waals surface area contributed by atoms with Crippen LogP contribution in [0.1, 0.15) is 106 Å². The van der Waals surface area contributed by atoms with Gasteiger partial charge in [-0.2, -0.15) is 5.10 Å². The van der Waals surface area contributed by atoms with E-state index < -0.39 is 11.5 Å². The first kappa shape index (κ1) is 28.5. The minimum atomic E-state index is -0.644. The summed E-state index contributed by atoms with van der Waals surface area (Å²) in [5, 5.41) is 8.83. The lowest BCUT2D eigenvalue weighted by Crippen LogP contribution is -2.19. The predicted molar refractivity (Wildman–Crippen MR) is 150 cm³/mol. The average Bonchev–Trinajstić information content (AvgIpc) is 3.56. The highest BCUT2D eigenvalue weighted by Crippen LogP contribution is 2.40. The molecule has 9 heteroatoms. The second-order valence-corrected chi connectivity index (χ2v) is 12.2. The summed E-state index contributed by atoms with van der Waals surface area (Å²) in [7, 11) is 0. The van der Waals surface area contributed by atoms with E-state index in [9.17, 15) is 9.59 Å². The van der Waals surface area contributed by atoms with Gasteiger partial charge in [0.1, 0.15) is 28.6 Å². The van der Waals surface area contributed by atoms with E-state index in [0.29, 0.717) is 17.0 Å². The van der Waals surface area contributed by atoms with Gasteiger partial charge in [0.15, 0.2) is 0 Å². The molecule has 3 aromatic rings. The van der Waals surface area contributed by atoms with E-state index in [4.69, 9.17) is 20.7 Å². The van der Waals surface area contributed by atoms with E-state index in [0.717, 1.165) is 29.7 Å². The summed E-state index contributed by atoms with van der Waals surface area (Å²) in [5.41, 5.74) is 15.2. The van der Waals surface area contributed by atoms with Gasteiger partial charge in [0.2, 0.25) is 0 Å². The van der Waals surface area contributed by atoms with Crippen LogP contribution < -0.4 is 11.5 Å². The summed E-state index contributed by atoms with van der Waals surface area (Å²) in [6.07, 6.45) is 4.98. The van der Waals surface area contributed by atoms with Crippen LogP contribution in [0, 0.1) is 0 Å². The van der Waals surface area contributed by atoms with Crippen molar-refractivity contribution in [2.75, 3.05) is 5.73 Å². The number of ketones is 1. The SMILES string of the molecule is CC(C)n1nc(-c2ccc(CC(=O)Cc3cc(C4(C)CCCC4)on3)cc2COC(C)(C)C)c(C(N)=O)c1N. The number of nitrogen functional groups attached to an aromatic ring is 1. The number of aromatic nitrogens is 3. The third-order valence-corrected chi connectivity index (χ3v) is 7.41. The van der Waals surface area contributed by atoms with Gasteiger partial charge in [-0.05, 0) is 58.6 Å². The number of hydrogen-bond donors (Lipinski definition) is 2. The Bertz CT molecular complexity index is 1360. The first-order chi connectivity index (χ1) is 18.3. The maximum Gasteiger partial charge on any atom is 0.254 e. The third kappa shape index (κ3) is 6.41. The highest BCUT2D eigenvalue weighted by molar-refractivity contribution is 6.03. The summed E-state index contributed by atoms with van der Waals surface area (Å²) in [6, 6.07) is 7.55. The Morgan fingerprint density at radius 1 is 1.15 bits per heavy atom. The first-order valence-corrected chi connectivity index (χ1v) is 13.7. The average molecular weight is 536 g/mol. The Morgan fingerprint density at radius 3 is 2.46 bits per heavy atom. The monoisotopic (exact) mass is 535 g/mol. The molecule has 1 fully saturated rings. The molecule has 0 bridgehead atoms. The zero-order valence-corrected chi connectivity index (χ0v) is 24.0. The number of carbonyl (C=O) groups excluding carboxylic acids is 2. The van der Waals surface area contributed by atoms with Gasteiger partial charge in [-0.15, -0.1) is 0 Å². The molecule has 0 unspecified atom stereocenters. The largest absolute Gasteiger partial charge is 0.383 e. The fourth-order valence-electron chi connectivity index (χ4n) is 5.25. The van der Waals surface area contributed by atoms with Gasteiger partial charge in [0.25, 0.3) is 5.91 Å². The first-order valence-electron chi connectivity index (χ1n) is 13.7. The lowest BCUT2D eigenvalue weighted by atomic mass is 9.86. The van der Waals surface area contributed by atoms with Gasteiger partial charge in [-0.3, -0.25) is 9.59 Å². The van der Waals surface area contributed by atoms with Crippen LogP contribution >= 0.6 is 0 Å². The lowest BCUT2D eigenvalue weighted by Gasteiger charge is -2.21. The van der Waals surface area contributed by atoms with E-state index in [1.54, 1.807) is 4.68 Å². The molecule has 0 spiro atoms. The topological polar surface area (TPSA) is 139 Å². The Morgan fingerprint density at radius 2 is 1.85 bits per heavy atom. The molecular weight excluding hydrogens is 494 g/mol. The summed E-state index contributed by atoms with van der Waals surface area (Å²) >= 11 is 0. The van der Waals surface area contributed by atoms with Crippen molar-refractivity contribution in [1.29, 1.82) is 0 Å². The molecule has 9 nitrogen and oxygen atoms in total. The van der Waals surface area contributed by atoms with Crippen molar-refractivity contribution in [3.05, 3.63) is 52.4 Å². The van der Waals surface area contributed by atoms with Crippen LogP contribution in [0.3, 0.4) is 0 Å². The van der Waals surface area contributed by atoms with Crippen molar-refractivity contribution >= 4 is 17.5 Å².